The molecule has 4 N–H and O–H groups in total. The van der Waals surface area contributed by atoms with Gasteiger partial charge in [0.1, 0.15) is 11.9 Å². The molecule has 2 bridgehead atoms. The Labute approximate surface area is 281 Å². The predicted molar refractivity (Wildman–Crippen MR) is 183 cm³/mol. The number of para-hydroxylation sites is 1. The summed E-state index contributed by atoms with van der Waals surface area (Å²) in [6.45, 7) is 6.36. The van der Waals surface area contributed by atoms with Crippen LogP contribution in [0.1, 0.15) is 51.4 Å². The molecule has 4 saturated heterocycles. The van der Waals surface area contributed by atoms with Crippen LogP contribution in [-0.2, 0) is 0 Å². The maximum Gasteiger partial charge on any atom is 0.407 e. The normalized spacial score (nSPS) is 24.5. The topological polar surface area (TPSA) is 144 Å². The second-order valence-electron chi connectivity index (χ2n) is 14.7. The van der Waals surface area contributed by atoms with Crippen LogP contribution in [0.25, 0.3) is 11.3 Å². The van der Waals surface area contributed by atoms with Gasteiger partial charge >= 0.3 is 6.09 Å². The van der Waals surface area contributed by atoms with Crippen molar-refractivity contribution in [2.75, 3.05) is 61.3 Å². The molecule has 1 saturated carbocycles. The number of likely N-dealkylation sites (tertiary alicyclic amines) is 2. The summed E-state index contributed by atoms with van der Waals surface area (Å²) < 4.78 is 6.48. The molecule has 254 valence electrons. The number of piperazine rings is 1. The van der Waals surface area contributed by atoms with Gasteiger partial charge in [0.15, 0.2) is 5.82 Å². The third-order valence-electron chi connectivity index (χ3n) is 11.7. The molecule has 1 spiro atoms. The molecule has 12 heteroatoms. The van der Waals surface area contributed by atoms with Crippen molar-refractivity contribution in [1.82, 2.24) is 25.0 Å². The summed E-state index contributed by atoms with van der Waals surface area (Å²) in [5.41, 5.74) is 10.0. The first-order valence-electron chi connectivity index (χ1n) is 17.6. The number of rotatable bonds is 7. The Bertz CT molecular complexity index is 1620. The number of phenolic OH excluding ortho intramolecular Hbond substituents is 1. The number of benzene rings is 1. The highest BCUT2D eigenvalue weighted by Crippen LogP contribution is 2.50. The van der Waals surface area contributed by atoms with Gasteiger partial charge in [0.05, 0.1) is 11.4 Å². The first kappa shape index (κ1) is 31.0. The molecule has 48 heavy (non-hydrogen) atoms. The van der Waals surface area contributed by atoms with Gasteiger partial charge in [0, 0.05) is 68.3 Å². The van der Waals surface area contributed by atoms with Crippen LogP contribution in [0, 0.1) is 11.3 Å². The monoisotopic (exact) mass is 654 g/mol. The van der Waals surface area contributed by atoms with Crippen molar-refractivity contribution in [3.05, 3.63) is 48.7 Å². The number of aromatic nitrogens is 3. The summed E-state index contributed by atoms with van der Waals surface area (Å²) in [4.78, 5) is 24.9. The Morgan fingerprint density at radius 2 is 1.69 bits per heavy atom. The van der Waals surface area contributed by atoms with Crippen LogP contribution in [0.4, 0.5) is 22.0 Å². The van der Waals surface area contributed by atoms with E-state index < -0.39 is 6.09 Å². The number of fused-ring (bicyclic) bond motifs is 2. The summed E-state index contributed by atoms with van der Waals surface area (Å²) in [6, 6.07) is 14.0. The van der Waals surface area contributed by atoms with E-state index in [9.17, 15) is 15.0 Å². The zero-order valence-electron chi connectivity index (χ0n) is 27.5. The van der Waals surface area contributed by atoms with Crippen LogP contribution in [-0.4, -0.2) is 105 Å². The van der Waals surface area contributed by atoms with Crippen molar-refractivity contribution in [3.63, 3.8) is 0 Å². The van der Waals surface area contributed by atoms with E-state index in [2.05, 4.69) is 42.0 Å². The summed E-state index contributed by atoms with van der Waals surface area (Å²) in [5, 5.41) is 28.1. The number of phenols is 1. The van der Waals surface area contributed by atoms with Gasteiger partial charge in [0.25, 0.3) is 0 Å². The fourth-order valence-corrected chi connectivity index (χ4v) is 9.06. The number of carboxylic acid groups (broad SMARTS) is 1. The third-order valence-corrected chi connectivity index (χ3v) is 11.7. The summed E-state index contributed by atoms with van der Waals surface area (Å²) in [6.07, 6.45) is 10.1. The van der Waals surface area contributed by atoms with E-state index in [0.29, 0.717) is 59.5 Å². The molecule has 5 fully saturated rings. The molecule has 1 amide bonds. The van der Waals surface area contributed by atoms with Gasteiger partial charge < -0.3 is 40.3 Å². The Balaban J connectivity index is 0.850. The van der Waals surface area contributed by atoms with Crippen molar-refractivity contribution in [2.45, 2.75) is 69.6 Å². The van der Waals surface area contributed by atoms with Gasteiger partial charge in [-0.15, -0.1) is 10.2 Å². The van der Waals surface area contributed by atoms with Crippen LogP contribution in [0.5, 0.6) is 11.6 Å². The van der Waals surface area contributed by atoms with Crippen molar-refractivity contribution in [3.8, 4) is 22.9 Å². The molecule has 2 atom stereocenters. The van der Waals surface area contributed by atoms with Crippen LogP contribution < -0.4 is 20.3 Å². The van der Waals surface area contributed by atoms with Crippen molar-refractivity contribution >= 4 is 23.3 Å². The third kappa shape index (κ3) is 6.06. The highest BCUT2D eigenvalue weighted by molar-refractivity contribution is 5.74. The number of nitrogens with zero attached hydrogens (tertiary/aromatic N) is 7. The first-order valence-corrected chi connectivity index (χ1v) is 17.6. The number of hydrogen-bond donors (Lipinski definition) is 3. The van der Waals surface area contributed by atoms with E-state index in [1.165, 1.54) is 18.5 Å². The molecule has 5 aliphatic rings. The molecule has 1 aliphatic carbocycles. The van der Waals surface area contributed by atoms with Crippen LogP contribution in [0.2, 0.25) is 0 Å². The Morgan fingerprint density at radius 1 is 0.958 bits per heavy atom. The molecule has 0 radical (unpaired) electrons. The maximum atomic E-state index is 11.2. The number of nitrogens with two attached hydrogens (primary N) is 1. The standard InChI is InChI=1S/C36H46N8O4/c37-34-31(18-30(39-40-34)29-3-1-2-4-32(29)45)43-22-26-5-6-27(23-43)44(26)25-7-12-38-33(17-25)48-28-19-36(20-28)10-15-41(16-11-36)21-24-8-13-42(14-9-24)35(46)47/h1-4,7,12,17-18,24,26-28,45H,5-6,8-11,13-16,19-23H2,(H2,37,40)(H,46,47). The molecular weight excluding hydrogens is 608 g/mol. The molecule has 12 nitrogen and oxygen atoms in total. The van der Waals surface area contributed by atoms with Crippen LogP contribution in [0.3, 0.4) is 0 Å². The lowest BCUT2D eigenvalue weighted by Crippen LogP contribution is -2.54. The number of hydrogen-bond acceptors (Lipinski definition) is 10. The average Bonchev–Trinajstić information content (AvgIpc) is 3.35. The SMILES string of the molecule is Nc1nnc(-c2ccccc2O)cc1N1CC2CCC(C1)N2c1ccnc(OC2CC3(CCN(CC4CCN(C(=O)O)CC4)CC3)C2)c1. The summed E-state index contributed by atoms with van der Waals surface area (Å²) in [7, 11) is 0. The van der Waals surface area contributed by atoms with E-state index in [0.717, 1.165) is 76.9 Å². The number of piperidine rings is 2. The van der Waals surface area contributed by atoms with Gasteiger partial charge in [-0.3, -0.25) is 0 Å². The largest absolute Gasteiger partial charge is 0.507 e. The Kier molecular flexibility index (Phi) is 8.14. The van der Waals surface area contributed by atoms with Gasteiger partial charge in [-0.25, -0.2) is 9.78 Å². The summed E-state index contributed by atoms with van der Waals surface area (Å²) >= 11 is 0. The lowest BCUT2D eigenvalue weighted by molar-refractivity contribution is -0.0593. The van der Waals surface area contributed by atoms with E-state index in [1.54, 1.807) is 17.0 Å². The van der Waals surface area contributed by atoms with E-state index in [1.807, 2.05) is 24.4 Å². The molecule has 6 heterocycles. The Morgan fingerprint density at radius 3 is 2.40 bits per heavy atom. The summed E-state index contributed by atoms with van der Waals surface area (Å²) in [5.74, 6) is 1.91. The minimum absolute atomic E-state index is 0.175. The molecule has 2 aromatic heterocycles. The zero-order valence-corrected chi connectivity index (χ0v) is 27.5. The van der Waals surface area contributed by atoms with Crippen molar-refractivity contribution in [2.24, 2.45) is 11.3 Å². The minimum Gasteiger partial charge on any atom is -0.507 e. The highest BCUT2D eigenvalue weighted by Gasteiger charge is 2.47. The number of aromatic hydroxyl groups is 1. The molecule has 3 aromatic rings. The fourth-order valence-electron chi connectivity index (χ4n) is 9.06. The van der Waals surface area contributed by atoms with Crippen LogP contribution >= 0.6 is 0 Å². The van der Waals surface area contributed by atoms with E-state index in [-0.39, 0.29) is 11.9 Å². The second kappa shape index (κ2) is 12.6. The number of anilines is 3. The van der Waals surface area contributed by atoms with Gasteiger partial charge in [-0.05, 0) is 100 Å². The maximum absolute atomic E-state index is 11.2. The lowest BCUT2D eigenvalue weighted by atomic mass is 9.61. The number of amides is 1. The zero-order chi connectivity index (χ0) is 32.8. The van der Waals surface area contributed by atoms with Gasteiger partial charge in [0.2, 0.25) is 5.88 Å². The predicted octanol–water partition coefficient (Wildman–Crippen LogP) is 4.70. The molecule has 2 unspecified atom stereocenters. The average molecular weight is 655 g/mol. The van der Waals surface area contributed by atoms with Gasteiger partial charge in [-0.1, -0.05) is 12.1 Å². The Hall–Kier alpha value is -4.32. The number of nitrogen functional groups attached to an aromatic ring is 1. The molecular formula is C36H46N8O4. The number of carbonyl (C=O) groups is 1. The molecule has 1 aromatic carbocycles. The van der Waals surface area contributed by atoms with Crippen molar-refractivity contribution < 1.29 is 19.7 Å². The van der Waals surface area contributed by atoms with E-state index >= 15 is 0 Å². The lowest BCUT2D eigenvalue weighted by Gasteiger charge is -2.52. The molecule has 8 rings (SSSR count). The van der Waals surface area contributed by atoms with Crippen LogP contribution in [0.15, 0.2) is 48.7 Å². The van der Waals surface area contributed by atoms with E-state index in [4.69, 9.17) is 10.5 Å². The van der Waals surface area contributed by atoms with Crippen molar-refractivity contribution in [1.29, 1.82) is 0 Å². The number of ether oxygens (including phenoxy) is 1. The fraction of sp³-hybridized carbons (Fsp3) is 0.556. The minimum atomic E-state index is -0.783. The first-order chi connectivity index (χ1) is 23.3. The highest BCUT2D eigenvalue weighted by atomic mass is 16.5. The van der Waals surface area contributed by atoms with Gasteiger partial charge in [-0.2, -0.15) is 0 Å². The smallest absolute Gasteiger partial charge is 0.407 e. The second-order valence-corrected chi connectivity index (χ2v) is 14.7. The number of pyridine rings is 1. The quantitative estimate of drug-likeness (QED) is 0.326. The molecule has 4 aliphatic heterocycles.